The second-order valence-electron chi connectivity index (χ2n) is 6.59. The molecule has 0 aliphatic heterocycles. The summed E-state index contributed by atoms with van der Waals surface area (Å²) in [5.74, 6) is 1.53. The van der Waals surface area contributed by atoms with Crippen LogP contribution in [0.2, 0.25) is 0 Å². The van der Waals surface area contributed by atoms with E-state index in [1.165, 1.54) is 4.88 Å². The first-order valence-corrected chi connectivity index (χ1v) is 11.4. The van der Waals surface area contributed by atoms with Crippen LogP contribution in [0.15, 0.2) is 93.8 Å². The van der Waals surface area contributed by atoms with E-state index >= 15 is 0 Å². The van der Waals surface area contributed by atoms with Crippen molar-refractivity contribution < 1.29 is 13.9 Å². The molecule has 0 aliphatic rings. The molecular weight excluding hydrogens is 414 g/mol. The zero-order valence-electron chi connectivity index (χ0n) is 16.2. The Labute approximate surface area is 183 Å². The Morgan fingerprint density at radius 1 is 1.00 bits per heavy atom. The highest BCUT2D eigenvalue weighted by atomic mass is 32.2. The molecule has 0 unspecified atom stereocenters. The van der Waals surface area contributed by atoms with Crippen molar-refractivity contribution in [3.63, 3.8) is 0 Å². The number of hydrogen-bond donors (Lipinski definition) is 1. The molecule has 4 aromatic rings. The third-order valence-corrected chi connectivity index (χ3v) is 6.54. The predicted octanol–water partition coefficient (Wildman–Crippen LogP) is 6.60. The van der Waals surface area contributed by atoms with E-state index in [4.69, 9.17) is 9.15 Å². The van der Waals surface area contributed by atoms with Crippen molar-refractivity contribution in [1.82, 2.24) is 0 Å². The van der Waals surface area contributed by atoms with Gasteiger partial charge < -0.3 is 14.5 Å². The molecule has 0 saturated heterocycles. The molecule has 0 saturated carbocycles. The molecule has 2 heterocycles. The first-order valence-electron chi connectivity index (χ1n) is 9.52. The minimum Gasteiger partial charge on any atom is -0.467 e. The van der Waals surface area contributed by atoms with E-state index in [-0.39, 0.29) is 5.91 Å². The van der Waals surface area contributed by atoms with Gasteiger partial charge in [-0.05, 0) is 53.4 Å². The van der Waals surface area contributed by atoms with E-state index in [1.54, 1.807) is 29.4 Å². The van der Waals surface area contributed by atoms with Crippen LogP contribution in [0.5, 0.6) is 0 Å². The Bertz CT molecular complexity index is 1080. The normalized spacial score (nSPS) is 10.8. The molecule has 0 bridgehead atoms. The van der Waals surface area contributed by atoms with Gasteiger partial charge in [0, 0.05) is 21.2 Å². The van der Waals surface area contributed by atoms with Crippen LogP contribution in [0.4, 0.5) is 5.69 Å². The van der Waals surface area contributed by atoms with Crippen LogP contribution in [-0.2, 0) is 23.7 Å². The lowest BCUT2D eigenvalue weighted by Crippen LogP contribution is -2.13. The molecule has 2 aromatic carbocycles. The summed E-state index contributed by atoms with van der Waals surface area (Å²) >= 11 is 3.40. The van der Waals surface area contributed by atoms with E-state index < -0.39 is 0 Å². The number of thiophene rings is 1. The first kappa shape index (κ1) is 20.5. The van der Waals surface area contributed by atoms with E-state index in [2.05, 4.69) is 16.8 Å². The zero-order valence-corrected chi connectivity index (χ0v) is 17.9. The van der Waals surface area contributed by atoms with Gasteiger partial charge in [-0.3, -0.25) is 4.79 Å². The number of rotatable bonds is 9. The molecule has 4 nitrogen and oxygen atoms in total. The van der Waals surface area contributed by atoms with Crippen molar-refractivity contribution in [3.05, 3.63) is 106 Å². The summed E-state index contributed by atoms with van der Waals surface area (Å²) < 4.78 is 11.0. The van der Waals surface area contributed by atoms with Gasteiger partial charge in [-0.2, -0.15) is 0 Å². The van der Waals surface area contributed by atoms with Crippen molar-refractivity contribution in [1.29, 1.82) is 0 Å². The highest BCUT2D eigenvalue weighted by Gasteiger charge is 2.12. The highest BCUT2D eigenvalue weighted by Crippen LogP contribution is 2.28. The summed E-state index contributed by atoms with van der Waals surface area (Å²) in [4.78, 5) is 15.2. The predicted molar refractivity (Wildman–Crippen MR) is 122 cm³/mol. The number of furan rings is 1. The van der Waals surface area contributed by atoms with Crippen molar-refractivity contribution in [2.24, 2.45) is 0 Å². The molecule has 6 heteroatoms. The average Bonchev–Trinajstić information content (AvgIpc) is 3.47. The highest BCUT2D eigenvalue weighted by molar-refractivity contribution is 7.98. The van der Waals surface area contributed by atoms with E-state index in [0.717, 1.165) is 27.7 Å². The number of nitrogens with one attached hydrogen (secondary N) is 1. The molecule has 4 rings (SSSR count). The molecule has 0 radical (unpaired) electrons. The molecule has 1 N–H and O–H groups in total. The molecular formula is C24H21NO3S2. The SMILES string of the molecule is O=C(Nc1cccc(COCc2ccco2)c1)c1ccccc1SCc1cccs1. The van der Waals surface area contributed by atoms with Gasteiger partial charge in [0.25, 0.3) is 5.91 Å². The lowest BCUT2D eigenvalue weighted by molar-refractivity contribution is 0.0929. The summed E-state index contributed by atoms with van der Waals surface area (Å²) in [5, 5.41) is 5.08. The molecule has 152 valence electrons. The Balaban J connectivity index is 1.37. The number of anilines is 1. The van der Waals surface area contributed by atoms with Crippen LogP contribution in [0.25, 0.3) is 0 Å². The van der Waals surface area contributed by atoms with Crippen LogP contribution >= 0.6 is 23.1 Å². The van der Waals surface area contributed by atoms with Crippen molar-refractivity contribution in [3.8, 4) is 0 Å². The average molecular weight is 436 g/mol. The maximum atomic E-state index is 12.9. The topological polar surface area (TPSA) is 51.5 Å². The monoisotopic (exact) mass is 435 g/mol. The Hall–Kier alpha value is -2.80. The minimum atomic E-state index is -0.113. The second-order valence-corrected chi connectivity index (χ2v) is 8.64. The van der Waals surface area contributed by atoms with Gasteiger partial charge in [0.1, 0.15) is 12.4 Å². The van der Waals surface area contributed by atoms with Gasteiger partial charge in [0.15, 0.2) is 0 Å². The standard InChI is InChI=1S/C24H21NO3S2/c26-24(22-10-1-2-11-23(22)30-17-21-9-5-13-29-21)25-19-7-3-6-18(14-19)15-27-16-20-8-4-12-28-20/h1-14H,15-17H2,(H,25,26). The molecule has 0 spiro atoms. The van der Waals surface area contributed by atoms with E-state index in [1.807, 2.05) is 66.7 Å². The minimum absolute atomic E-state index is 0.113. The van der Waals surface area contributed by atoms with Gasteiger partial charge >= 0.3 is 0 Å². The number of ether oxygens (including phenoxy) is 1. The molecule has 1 amide bonds. The largest absolute Gasteiger partial charge is 0.467 e. The fourth-order valence-electron chi connectivity index (χ4n) is 2.93. The number of hydrogen-bond acceptors (Lipinski definition) is 5. The smallest absolute Gasteiger partial charge is 0.256 e. The molecule has 0 atom stereocenters. The van der Waals surface area contributed by atoms with Gasteiger partial charge in [-0.15, -0.1) is 23.1 Å². The third kappa shape index (κ3) is 5.63. The van der Waals surface area contributed by atoms with Gasteiger partial charge in [-0.1, -0.05) is 30.3 Å². The number of carbonyl (C=O) groups is 1. The van der Waals surface area contributed by atoms with Gasteiger partial charge in [0.2, 0.25) is 0 Å². The summed E-state index contributed by atoms with van der Waals surface area (Å²) in [6.45, 7) is 0.857. The van der Waals surface area contributed by atoms with Crippen LogP contribution in [0.3, 0.4) is 0 Å². The quantitative estimate of drug-likeness (QED) is 0.301. The lowest BCUT2D eigenvalue weighted by Gasteiger charge is -2.11. The number of amides is 1. The summed E-state index contributed by atoms with van der Waals surface area (Å²) in [6.07, 6.45) is 1.63. The van der Waals surface area contributed by atoms with Crippen molar-refractivity contribution in [2.45, 2.75) is 23.9 Å². The Morgan fingerprint density at radius 3 is 2.77 bits per heavy atom. The maximum absolute atomic E-state index is 12.9. The van der Waals surface area contributed by atoms with Gasteiger partial charge in [-0.25, -0.2) is 0 Å². The van der Waals surface area contributed by atoms with Crippen LogP contribution in [-0.4, -0.2) is 5.91 Å². The zero-order chi connectivity index (χ0) is 20.6. The fourth-order valence-corrected chi connectivity index (χ4v) is 4.75. The number of carbonyl (C=O) groups excluding carboxylic acids is 1. The summed E-state index contributed by atoms with van der Waals surface area (Å²) in [7, 11) is 0. The Kier molecular flexibility index (Phi) is 7.03. The summed E-state index contributed by atoms with van der Waals surface area (Å²) in [5.41, 5.74) is 2.41. The van der Waals surface area contributed by atoms with Crippen molar-refractivity contribution >= 4 is 34.7 Å². The van der Waals surface area contributed by atoms with E-state index in [0.29, 0.717) is 18.8 Å². The van der Waals surface area contributed by atoms with Crippen LogP contribution < -0.4 is 5.32 Å². The Morgan fingerprint density at radius 2 is 1.93 bits per heavy atom. The second kappa shape index (κ2) is 10.3. The lowest BCUT2D eigenvalue weighted by atomic mass is 10.2. The van der Waals surface area contributed by atoms with Crippen molar-refractivity contribution in [2.75, 3.05) is 5.32 Å². The van der Waals surface area contributed by atoms with Gasteiger partial charge in [0.05, 0.1) is 18.4 Å². The molecule has 0 aliphatic carbocycles. The maximum Gasteiger partial charge on any atom is 0.256 e. The van der Waals surface area contributed by atoms with Crippen LogP contribution in [0, 0.1) is 0 Å². The summed E-state index contributed by atoms with van der Waals surface area (Å²) in [6, 6.07) is 23.3. The third-order valence-electron chi connectivity index (χ3n) is 4.36. The van der Waals surface area contributed by atoms with E-state index in [9.17, 15) is 4.79 Å². The molecule has 0 fully saturated rings. The fraction of sp³-hybridized carbons (Fsp3) is 0.125. The van der Waals surface area contributed by atoms with Crippen LogP contribution in [0.1, 0.15) is 26.6 Å². The molecule has 30 heavy (non-hydrogen) atoms. The molecule has 2 aromatic heterocycles. The number of thioether (sulfide) groups is 1. The first-order chi connectivity index (χ1) is 14.8. The number of benzene rings is 2.